The van der Waals surface area contributed by atoms with E-state index >= 15 is 0 Å². The fourth-order valence-electron chi connectivity index (χ4n) is 10.3. The smallest absolute Gasteiger partial charge is 0.329 e. The van der Waals surface area contributed by atoms with Crippen LogP contribution < -0.4 is 0 Å². The van der Waals surface area contributed by atoms with E-state index in [1.807, 2.05) is 39.0 Å². The Balaban J connectivity index is 1.69. The average molecular weight is 990 g/mol. The number of carbonyl (C=O) groups is 5. The number of rotatable bonds is 8. The van der Waals surface area contributed by atoms with Gasteiger partial charge in [-0.15, -0.1) is 0 Å². The molecule has 390 valence electrons. The van der Waals surface area contributed by atoms with Crippen LogP contribution in [0.4, 0.5) is 0 Å². The quantitative estimate of drug-likeness (QED) is 0.0932. The van der Waals surface area contributed by atoms with Crippen molar-refractivity contribution in [2.75, 3.05) is 33.6 Å². The minimum absolute atomic E-state index is 0.0128. The molecule has 1 unspecified atom stereocenters. The topological polar surface area (TPSA) is 212 Å². The highest BCUT2D eigenvalue weighted by atomic mass is 31.2. The highest BCUT2D eigenvalue weighted by Gasteiger charge is 2.53. The molecule has 0 aromatic carbocycles. The first-order chi connectivity index (χ1) is 32.5. The maximum atomic E-state index is 14.5. The Bertz CT molecular complexity index is 1950. The predicted molar refractivity (Wildman–Crippen MR) is 263 cm³/mol. The number of aliphatic hydroxyl groups excluding tert-OH is 2. The zero-order chi connectivity index (χ0) is 51.4. The maximum Gasteiger partial charge on any atom is 0.329 e. The lowest BCUT2D eigenvalue weighted by Crippen LogP contribution is -2.61. The van der Waals surface area contributed by atoms with E-state index in [9.17, 15) is 43.9 Å². The Labute approximate surface area is 411 Å². The lowest BCUT2D eigenvalue weighted by Gasteiger charge is -2.42. The third kappa shape index (κ3) is 15.9. The number of nitrogens with zero attached hydrogens (tertiary/aromatic N) is 1. The lowest BCUT2D eigenvalue weighted by atomic mass is 9.78. The number of aliphatic hydroxyl groups is 3. The summed E-state index contributed by atoms with van der Waals surface area (Å²) in [6, 6.07) is -1.18. The van der Waals surface area contributed by atoms with Crippen molar-refractivity contribution in [2.24, 2.45) is 35.5 Å². The number of cyclic esters (lactones) is 1. The van der Waals surface area contributed by atoms with Crippen molar-refractivity contribution in [3.63, 3.8) is 0 Å². The molecule has 3 heterocycles. The standard InChI is InChI=1S/C53H84NO14P/c1-12-69(11,63)68-44-24-22-39(29-46(44)64-9)28-35(5)45-31-43(56)34(4)27-37(7)48(58)49(65-10)47(57)36(6)26-32(2)18-14-13-15-19-33(3)42(55)30-40-23-21-38(8)53(62,67-40)50(59)51(60)54-25-17-16-20-41(54)52(61)66-45/h13-15,18-19,27,32,34-36,38-42,44-46,48-49,55,58,62H,12,16-17,20-26,28-31H2,1-11H3/b15-13+,18-14+,33-19+,37-27+/t32-,34-,35-,36-,38-,39+,40+,41+,42+,44-,45+,46-,48-,49+,53-,69?/m1/s1. The van der Waals surface area contributed by atoms with Gasteiger partial charge in [0.1, 0.15) is 30.1 Å². The monoisotopic (exact) mass is 990 g/mol. The number of ether oxygens (including phenoxy) is 4. The van der Waals surface area contributed by atoms with Crippen molar-refractivity contribution < 1.29 is 67.3 Å². The Morgan fingerprint density at radius 2 is 1.59 bits per heavy atom. The predicted octanol–water partition coefficient (Wildman–Crippen LogP) is 7.48. The second-order valence-electron chi connectivity index (χ2n) is 20.8. The molecule has 69 heavy (non-hydrogen) atoms. The zero-order valence-corrected chi connectivity index (χ0v) is 44.1. The number of ketones is 3. The first-order valence-corrected chi connectivity index (χ1v) is 27.6. The van der Waals surface area contributed by atoms with Gasteiger partial charge in [0.05, 0.1) is 24.4 Å². The second kappa shape index (κ2) is 26.5. The summed E-state index contributed by atoms with van der Waals surface area (Å²) in [5.74, 6) is -8.39. The third-order valence-electron chi connectivity index (χ3n) is 15.1. The van der Waals surface area contributed by atoms with Crippen LogP contribution >= 0.6 is 7.37 Å². The minimum atomic E-state index is -2.80. The van der Waals surface area contributed by atoms with E-state index in [0.717, 1.165) is 11.3 Å². The molecule has 16 heteroatoms. The number of amides is 1. The molecule has 2 bridgehead atoms. The molecule has 15 nitrogen and oxygen atoms in total. The molecule has 0 aromatic rings. The van der Waals surface area contributed by atoms with Crippen LogP contribution in [-0.4, -0.2) is 138 Å². The van der Waals surface area contributed by atoms with Crippen molar-refractivity contribution in [3.8, 4) is 0 Å². The van der Waals surface area contributed by atoms with Gasteiger partial charge in [0, 0.05) is 64.2 Å². The Hall–Kier alpha value is -3.14. The maximum absolute atomic E-state index is 14.5. The first kappa shape index (κ1) is 58.4. The summed E-state index contributed by atoms with van der Waals surface area (Å²) in [5.41, 5.74) is 0.989. The molecule has 2 saturated heterocycles. The molecule has 4 aliphatic rings. The summed E-state index contributed by atoms with van der Waals surface area (Å²) in [6.45, 7) is 15.9. The van der Waals surface area contributed by atoms with E-state index in [-0.39, 0.29) is 67.3 Å². The molecule has 1 saturated carbocycles. The minimum Gasteiger partial charge on any atom is -0.460 e. The Morgan fingerprint density at radius 1 is 0.884 bits per heavy atom. The number of hydrogen-bond acceptors (Lipinski definition) is 14. The first-order valence-electron chi connectivity index (χ1n) is 25.4. The van der Waals surface area contributed by atoms with Crippen LogP contribution in [0.15, 0.2) is 47.6 Å². The highest BCUT2D eigenvalue weighted by molar-refractivity contribution is 7.58. The van der Waals surface area contributed by atoms with E-state index < -0.39 is 85.1 Å². The molecule has 3 N–H and O–H groups in total. The summed E-state index contributed by atoms with van der Waals surface area (Å²) in [5, 5.41) is 34.5. The van der Waals surface area contributed by atoms with Gasteiger partial charge >= 0.3 is 5.97 Å². The van der Waals surface area contributed by atoms with Crippen molar-refractivity contribution >= 4 is 36.6 Å². The molecule has 0 aromatic heterocycles. The number of esters is 1. The van der Waals surface area contributed by atoms with E-state index in [1.54, 1.807) is 66.6 Å². The van der Waals surface area contributed by atoms with E-state index in [1.165, 1.54) is 7.11 Å². The van der Waals surface area contributed by atoms with Gasteiger partial charge in [-0.2, -0.15) is 0 Å². The van der Waals surface area contributed by atoms with E-state index in [2.05, 4.69) is 0 Å². The van der Waals surface area contributed by atoms with E-state index in [0.29, 0.717) is 68.7 Å². The molecule has 0 radical (unpaired) electrons. The van der Waals surface area contributed by atoms with Crippen LogP contribution in [0.1, 0.15) is 132 Å². The van der Waals surface area contributed by atoms with Crippen molar-refractivity contribution in [3.05, 3.63) is 47.6 Å². The molecule has 4 rings (SSSR count). The lowest BCUT2D eigenvalue weighted by molar-refractivity contribution is -0.265. The van der Waals surface area contributed by atoms with Crippen LogP contribution in [0, 0.1) is 35.5 Å². The number of hydrogen-bond donors (Lipinski definition) is 3. The fourth-order valence-corrected chi connectivity index (χ4v) is 11.3. The summed E-state index contributed by atoms with van der Waals surface area (Å²) in [4.78, 5) is 72.0. The zero-order valence-electron chi connectivity index (χ0n) is 43.2. The van der Waals surface area contributed by atoms with Crippen LogP contribution in [-0.2, 0) is 52.0 Å². The number of piperidine rings is 1. The number of methoxy groups -OCH3 is 2. The van der Waals surface area contributed by atoms with Gasteiger partial charge in [-0.1, -0.05) is 78.0 Å². The largest absolute Gasteiger partial charge is 0.460 e. The molecule has 1 amide bonds. The van der Waals surface area contributed by atoms with Gasteiger partial charge in [-0.25, -0.2) is 4.79 Å². The highest BCUT2D eigenvalue weighted by Crippen LogP contribution is 2.47. The van der Waals surface area contributed by atoms with Gasteiger partial charge in [0.15, 0.2) is 13.2 Å². The SMILES string of the molecule is CCP(C)(=O)O[C@@H]1CC[C@@H](C[C@@H](C)[C@@H]2CC(=O)[C@H](C)/C=C(\C)[C@@H](O)[C@@H](OC)C(=O)[C@H](C)C[C@H](C)/C=C/C=C/C=C(\C)[C@@H](O)C[C@@H]3CC[C@@H](C)[C@@](O)(O3)C(=O)C(=O)N3CCCC[C@H]3C(=O)O2)C[C@H]1OC. The fraction of sp³-hybridized carbons (Fsp3) is 0.755. The van der Waals surface area contributed by atoms with Gasteiger partial charge in [0.25, 0.3) is 11.7 Å². The van der Waals surface area contributed by atoms with Crippen LogP contribution in [0.25, 0.3) is 0 Å². The average Bonchev–Trinajstić information content (AvgIpc) is 3.31. The Morgan fingerprint density at radius 3 is 2.26 bits per heavy atom. The van der Waals surface area contributed by atoms with Crippen molar-refractivity contribution in [1.29, 1.82) is 0 Å². The summed E-state index contributed by atoms with van der Waals surface area (Å²) in [6.07, 6.45) is 10.1. The van der Waals surface area contributed by atoms with Crippen LogP contribution in [0.2, 0.25) is 0 Å². The summed E-state index contributed by atoms with van der Waals surface area (Å²) < 4.78 is 42.7. The molecule has 16 atom stereocenters. The molecular formula is C53H84NO14P. The molecule has 3 aliphatic heterocycles. The number of Topliss-reactive ketones (excluding diaryl/α,β-unsaturated/α-hetero) is 3. The summed E-state index contributed by atoms with van der Waals surface area (Å²) in [7, 11) is 0.167. The van der Waals surface area contributed by atoms with Gasteiger partial charge < -0.3 is 43.7 Å². The van der Waals surface area contributed by atoms with Gasteiger partial charge in [-0.3, -0.25) is 23.7 Å². The Kier molecular flexibility index (Phi) is 22.5. The number of allylic oxidation sites excluding steroid dienone is 6. The molecule has 0 spiro atoms. The normalized spacial score (nSPS) is 39.7. The third-order valence-corrected chi connectivity index (χ3v) is 17.0. The number of fused-ring (bicyclic) bond motifs is 3. The van der Waals surface area contributed by atoms with Crippen molar-refractivity contribution in [2.45, 2.75) is 187 Å². The van der Waals surface area contributed by atoms with Gasteiger partial charge in [0.2, 0.25) is 5.79 Å². The molecule has 3 fully saturated rings. The van der Waals surface area contributed by atoms with Crippen molar-refractivity contribution in [1.82, 2.24) is 4.90 Å². The van der Waals surface area contributed by atoms with Crippen LogP contribution in [0.5, 0.6) is 0 Å². The number of carbonyl (C=O) groups excluding carboxylic acids is 5. The van der Waals surface area contributed by atoms with Crippen LogP contribution in [0.3, 0.4) is 0 Å². The second-order valence-corrected chi connectivity index (χ2v) is 23.7. The molecular weight excluding hydrogens is 906 g/mol. The van der Waals surface area contributed by atoms with Gasteiger partial charge in [-0.05, 0) is 107 Å². The van der Waals surface area contributed by atoms with E-state index in [4.69, 9.17) is 23.5 Å². The molecule has 1 aliphatic carbocycles. The summed E-state index contributed by atoms with van der Waals surface area (Å²) >= 11 is 0.